The lowest BCUT2D eigenvalue weighted by Gasteiger charge is -1.96. The van der Waals surface area contributed by atoms with Crippen LogP contribution in [0.5, 0.6) is 0 Å². The topological polar surface area (TPSA) is 0 Å². The molecule has 58 valence electrons. The molecule has 10 heavy (non-hydrogen) atoms. The molecule has 0 fully saturated rings. The summed E-state index contributed by atoms with van der Waals surface area (Å²) in [7, 11) is 0. The SMILES string of the molecule is CCC=CC=CC(C)CC. The fourth-order valence-corrected chi connectivity index (χ4v) is 0.605. The van der Waals surface area contributed by atoms with E-state index in [0.717, 1.165) is 12.3 Å². The maximum Gasteiger partial charge on any atom is -0.0261 e. The van der Waals surface area contributed by atoms with Gasteiger partial charge in [0.25, 0.3) is 0 Å². The van der Waals surface area contributed by atoms with E-state index in [4.69, 9.17) is 0 Å². The van der Waals surface area contributed by atoms with Crippen LogP contribution in [-0.4, -0.2) is 0 Å². The second-order valence-electron chi connectivity index (χ2n) is 2.61. The lowest BCUT2D eigenvalue weighted by molar-refractivity contribution is 0.698. The molecule has 0 spiro atoms. The molecule has 0 aromatic carbocycles. The number of hydrogen-bond acceptors (Lipinski definition) is 0. The molecule has 0 radical (unpaired) electrons. The number of rotatable bonds is 4. The van der Waals surface area contributed by atoms with Crippen molar-refractivity contribution in [3.8, 4) is 0 Å². The van der Waals surface area contributed by atoms with Crippen LogP contribution in [-0.2, 0) is 0 Å². The highest BCUT2D eigenvalue weighted by Crippen LogP contribution is 2.01. The largest absolute Gasteiger partial charge is 0.0848 e. The molecule has 0 aromatic heterocycles. The summed E-state index contributed by atoms with van der Waals surface area (Å²) in [5, 5.41) is 0. The van der Waals surface area contributed by atoms with Gasteiger partial charge in [-0.15, -0.1) is 0 Å². The molecule has 0 rings (SSSR count). The first kappa shape index (κ1) is 9.48. The van der Waals surface area contributed by atoms with E-state index < -0.39 is 0 Å². The monoisotopic (exact) mass is 138 g/mol. The third-order valence-electron chi connectivity index (χ3n) is 1.57. The maximum absolute atomic E-state index is 2.24. The van der Waals surface area contributed by atoms with Gasteiger partial charge in [0.15, 0.2) is 0 Å². The third-order valence-corrected chi connectivity index (χ3v) is 1.57. The van der Waals surface area contributed by atoms with E-state index in [1.54, 1.807) is 0 Å². The standard InChI is InChI=1S/C10H18/c1-4-6-7-8-9-10(3)5-2/h6-10H,4-5H2,1-3H3. The van der Waals surface area contributed by atoms with Gasteiger partial charge in [-0.25, -0.2) is 0 Å². The molecule has 0 nitrogen and oxygen atoms in total. The van der Waals surface area contributed by atoms with E-state index in [-0.39, 0.29) is 0 Å². The fourth-order valence-electron chi connectivity index (χ4n) is 0.605. The molecule has 0 aliphatic carbocycles. The van der Waals surface area contributed by atoms with Crippen LogP contribution in [0.15, 0.2) is 24.3 Å². The summed E-state index contributed by atoms with van der Waals surface area (Å²) in [5.74, 6) is 0.724. The summed E-state index contributed by atoms with van der Waals surface area (Å²) in [6.45, 7) is 6.59. The van der Waals surface area contributed by atoms with Gasteiger partial charge in [-0.1, -0.05) is 51.5 Å². The van der Waals surface area contributed by atoms with Crippen LogP contribution >= 0.6 is 0 Å². The van der Waals surface area contributed by atoms with Crippen LogP contribution in [0.1, 0.15) is 33.6 Å². The maximum atomic E-state index is 2.24. The van der Waals surface area contributed by atoms with E-state index in [2.05, 4.69) is 45.1 Å². The first-order chi connectivity index (χ1) is 4.81. The van der Waals surface area contributed by atoms with Gasteiger partial charge in [0, 0.05) is 0 Å². The zero-order chi connectivity index (χ0) is 7.82. The first-order valence-electron chi connectivity index (χ1n) is 4.14. The Kier molecular flexibility index (Phi) is 6.25. The van der Waals surface area contributed by atoms with Crippen molar-refractivity contribution in [1.82, 2.24) is 0 Å². The van der Waals surface area contributed by atoms with Crippen LogP contribution < -0.4 is 0 Å². The van der Waals surface area contributed by atoms with Crippen molar-refractivity contribution >= 4 is 0 Å². The zero-order valence-corrected chi connectivity index (χ0v) is 7.30. The minimum atomic E-state index is 0.724. The zero-order valence-electron chi connectivity index (χ0n) is 7.30. The molecule has 0 saturated heterocycles. The Morgan fingerprint density at radius 3 is 2.40 bits per heavy atom. The van der Waals surface area contributed by atoms with Gasteiger partial charge in [-0.3, -0.25) is 0 Å². The van der Waals surface area contributed by atoms with Crippen molar-refractivity contribution in [2.24, 2.45) is 5.92 Å². The molecule has 0 aliphatic heterocycles. The van der Waals surface area contributed by atoms with Crippen molar-refractivity contribution < 1.29 is 0 Å². The van der Waals surface area contributed by atoms with Gasteiger partial charge < -0.3 is 0 Å². The fraction of sp³-hybridized carbons (Fsp3) is 0.600. The minimum absolute atomic E-state index is 0.724. The second-order valence-corrected chi connectivity index (χ2v) is 2.61. The molecule has 0 N–H and O–H groups in total. The van der Waals surface area contributed by atoms with Gasteiger partial charge in [0.05, 0.1) is 0 Å². The average Bonchev–Trinajstić information content (AvgIpc) is 1.98. The summed E-state index contributed by atoms with van der Waals surface area (Å²) >= 11 is 0. The van der Waals surface area contributed by atoms with Gasteiger partial charge in [0.2, 0.25) is 0 Å². The van der Waals surface area contributed by atoms with Gasteiger partial charge in [0.1, 0.15) is 0 Å². The lowest BCUT2D eigenvalue weighted by atomic mass is 10.1. The predicted octanol–water partition coefficient (Wildman–Crippen LogP) is 3.55. The highest BCUT2D eigenvalue weighted by atomic mass is 13.9. The quantitative estimate of drug-likeness (QED) is 0.521. The van der Waals surface area contributed by atoms with E-state index in [1.807, 2.05) is 0 Å². The Morgan fingerprint density at radius 2 is 1.90 bits per heavy atom. The normalized spacial score (nSPS) is 15.1. The van der Waals surface area contributed by atoms with Gasteiger partial charge >= 0.3 is 0 Å². The highest BCUT2D eigenvalue weighted by Gasteiger charge is 1.86. The van der Waals surface area contributed by atoms with Crippen LogP contribution in [0, 0.1) is 5.92 Å². The minimum Gasteiger partial charge on any atom is -0.0848 e. The average molecular weight is 138 g/mol. The molecule has 0 amide bonds. The van der Waals surface area contributed by atoms with Crippen molar-refractivity contribution in [1.29, 1.82) is 0 Å². The molecular formula is C10H18. The Bertz CT molecular complexity index is 109. The van der Waals surface area contributed by atoms with Crippen LogP contribution in [0.25, 0.3) is 0 Å². The molecule has 0 saturated carbocycles. The number of hydrogen-bond donors (Lipinski definition) is 0. The molecule has 0 aromatic rings. The van der Waals surface area contributed by atoms with Crippen LogP contribution in [0.2, 0.25) is 0 Å². The van der Waals surface area contributed by atoms with Gasteiger partial charge in [-0.2, -0.15) is 0 Å². The van der Waals surface area contributed by atoms with Crippen molar-refractivity contribution in [2.75, 3.05) is 0 Å². The smallest absolute Gasteiger partial charge is 0.0261 e. The van der Waals surface area contributed by atoms with Crippen molar-refractivity contribution in [3.63, 3.8) is 0 Å². The summed E-state index contributed by atoms with van der Waals surface area (Å²) in [4.78, 5) is 0. The molecule has 1 atom stereocenters. The molecule has 0 heteroatoms. The Labute approximate surface area is 64.6 Å². The van der Waals surface area contributed by atoms with Gasteiger partial charge in [-0.05, 0) is 12.3 Å². The first-order valence-corrected chi connectivity index (χ1v) is 4.14. The van der Waals surface area contributed by atoms with E-state index in [1.165, 1.54) is 6.42 Å². The molecule has 1 unspecified atom stereocenters. The Morgan fingerprint density at radius 1 is 1.20 bits per heavy atom. The number of allylic oxidation sites excluding steroid dienone is 4. The summed E-state index contributed by atoms with van der Waals surface area (Å²) in [6.07, 6.45) is 11.0. The molecule has 0 aliphatic rings. The second kappa shape index (κ2) is 6.60. The summed E-state index contributed by atoms with van der Waals surface area (Å²) < 4.78 is 0. The summed E-state index contributed by atoms with van der Waals surface area (Å²) in [6, 6.07) is 0. The Hall–Kier alpha value is -0.520. The van der Waals surface area contributed by atoms with Crippen LogP contribution in [0.3, 0.4) is 0 Å². The molecule has 0 heterocycles. The molecular weight excluding hydrogens is 120 g/mol. The third kappa shape index (κ3) is 5.61. The van der Waals surface area contributed by atoms with Crippen molar-refractivity contribution in [2.45, 2.75) is 33.6 Å². The Balaban J connectivity index is 3.44. The van der Waals surface area contributed by atoms with E-state index >= 15 is 0 Å². The van der Waals surface area contributed by atoms with Crippen LogP contribution in [0.4, 0.5) is 0 Å². The van der Waals surface area contributed by atoms with E-state index in [9.17, 15) is 0 Å². The lowest BCUT2D eigenvalue weighted by Crippen LogP contribution is -1.82. The molecule has 0 bridgehead atoms. The van der Waals surface area contributed by atoms with Crippen molar-refractivity contribution in [3.05, 3.63) is 24.3 Å². The van der Waals surface area contributed by atoms with E-state index in [0.29, 0.717) is 0 Å². The summed E-state index contributed by atoms with van der Waals surface area (Å²) in [5.41, 5.74) is 0. The predicted molar refractivity (Wildman–Crippen MR) is 48.0 cm³/mol. The highest BCUT2D eigenvalue weighted by molar-refractivity contribution is 5.03.